The molecule has 1 saturated carbocycles. The van der Waals surface area contributed by atoms with Gasteiger partial charge >= 0.3 is 0 Å². The molecule has 0 amide bonds. The Kier molecular flexibility index (Phi) is 4.00. The van der Waals surface area contributed by atoms with Gasteiger partial charge in [-0.25, -0.2) is 0 Å². The van der Waals surface area contributed by atoms with Crippen LogP contribution in [-0.2, 0) is 4.74 Å². The van der Waals surface area contributed by atoms with Crippen molar-refractivity contribution < 1.29 is 4.74 Å². The van der Waals surface area contributed by atoms with Gasteiger partial charge in [0, 0.05) is 19.2 Å². The molecule has 0 bridgehead atoms. The van der Waals surface area contributed by atoms with Crippen LogP contribution in [0, 0.1) is 5.92 Å². The van der Waals surface area contributed by atoms with Crippen molar-refractivity contribution in [1.29, 1.82) is 0 Å². The fourth-order valence-electron chi connectivity index (χ4n) is 2.48. The summed E-state index contributed by atoms with van der Waals surface area (Å²) in [6.45, 7) is 3.36. The van der Waals surface area contributed by atoms with Crippen molar-refractivity contribution >= 4 is 0 Å². The lowest BCUT2D eigenvalue weighted by Crippen LogP contribution is -2.47. The summed E-state index contributed by atoms with van der Waals surface area (Å²) in [5.41, 5.74) is 0. The zero-order valence-electron chi connectivity index (χ0n) is 10.0. The number of hydrogen-bond acceptors (Lipinski definition) is 3. The first kappa shape index (κ1) is 11.4. The lowest BCUT2D eigenvalue weighted by Gasteiger charge is -2.32. The van der Waals surface area contributed by atoms with E-state index in [1.807, 2.05) is 7.11 Å². The molecule has 3 heteroatoms. The summed E-state index contributed by atoms with van der Waals surface area (Å²) in [4.78, 5) is 2.42. The smallest absolute Gasteiger partial charge is 0.0618 e. The standard InChI is InChI=1S/C12H24N2O/c1-14-7-5-11(6-8-14)13-12(9-15-2)10-3-4-10/h10-13H,3-9H2,1-2H3. The molecule has 88 valence electrons. The molecule has 15 heavy (non-hydrogen) atoms. The Morgan fingerprint density at radius 1 is 1.27 bits per heavy atom. The lowest BCUT2D eigenvalue weighted by atomic mass is 10.0. The van der Waals surface area contributed by atoms with Crippen molar-refractivity contribution in [2.24, 2.45) is 5.92 Å². The molecule has 2 aliphatic rings. The Morgan fingerprint density at radius 2 is 1.93 bits per heavy atom. The highest BCUT2D eigenvalue weighted by Crippen LogP contribution is 2.33. The molecule has 1 atom stereocenters. The molecule has 2 rings (SSSR count). The van der Waals surface area contributed by atoms with Crippen LogP contribution >= 0.6 is 0 Å². The molecule has 0 aromatic carbocycles. The van der Waals surface area contributed by atoms with Crippen LogP contribution in [-0.4, -0.2) is 50.8 Å². The highest BCUT2D eigenvalue weighted by Gasteiger charge is 2.32. The predicted molar refractivity (Wildman–Crippen MR) is 62.0 cm³/mol. The maximum Gasteiger partial charge on any atom is 0.0618 e. The van der Waals surface area contributed by atoms with Crippen molar-refractivity contribution in [3.63, 3.8) is 0 Å². The third kappa shape index (κ3) is 3.44. The van der Waals surface area contributed by atoms with E-state index in [4.69, 9.17) is 4.74 Å². The Labute approximate surface area is 93.2 Å². The average Bonchev–Trinajstić information content (AvgIpc) is 3.04. The van der Waals surface area contributed by atoms with Gasteiger partial charge in [0.2, 0.25) is 0 Å². The minimum Gasteiger partial charge on any atom is -0.383 e. The molecule has 1 heterocycles. The van der Waals surface area contributed by atoms with Gasteiger partial charge in [0.05, 0.1) is 6.61 Å². The number of rotatable bonds is 5. The first-order valence-electron chi connectivity index (χ1n) is 6.23. The lowest BCUT2D eigenvalue weighted by molar-refractivity contribution is 0.138. The molecule has 1 N–H and O–H groups in total. The van der Waals surface area contributed by atoms with Crippen molar-refractivity contribution in [1.82, 2.24) is 10.2 Å². The number of piperidine rings is 1. The Balaban J connectivity index is 1.73. The second kappa shape index (κ2) is 5.28. The predicted octanol–water partition coefficient (Wildman–Crippen LogP) is 1.10. The van der Waals surface area contributed by atoms with E-state index in [9.17, 15) is 0 Å². The van der Waals surface area contributed by atoms with E-state index < -0.39 is 0 Å². The monoisotopic (exact) mass is 212 g/mol. The van der Waals surface area contributed by atoms with Gasteiger partial charge in [-0.15, -0.1) is 0 Å². The van der Waals surface area contributed by atoms with Crippen molar-refractivity contribution in [3.05, 3.63) is 0 Å². The van der Waals surface area contributed by atoms with Crippen molar-refractivity contribution in [2.75, 3.05) is 33.9 Å². The fraction of sp³-hybridized carbons (Fsp3) is 1.00. The van der Waals surface area contributed by atoms with E-state index in [2.05, 4.69) is 17.3 Å². The average molecular weight is 212 g/mol. The quantitative estimate of drug-likeness (QED) is 0.738. The maximum absolute atomic E-state index is 5.30. The van der Waals surface area contributed by atoms with Crippen LogP contribution < -0.4 is 5.32 Å². The zero-order chi connectivity index (χ0) is 10.7. The van der Waals surface area contributed by atoms with Gasteiger partial charge in [-0.1, -0.05) is 0 Å². The van der Waals surface area contributed by atoms with E-state index >= 15 is 0 Å². The second-order valence-electron chi connectivity index (χ2n) is 5.14. The topological polar surface area (TPSA) is 24.5 Å². The van der Waals surface area contributed by atoms with Gasteiger partial charge in [-0.05, 0) is 51.7 Å². The third-order valence-electron chi connectivity index (χ3n) is 3.71. The molecular formula is C12H24N2O. The molecule has 2 fully saturated rings. The first-order chi connectivity index (χ1) is 7.29. The summed E-state index contributed by atoms with van der Waals surface area (Å²) in [7, 11) is 4.02. The minimum atomic E-state index is 0.614. The Hall–Kier alpha value is -0.120. The Bertz CT molecular complexity index is 186. The largest absolute Gasteiger partial charge is 0.383 e. The SMILES string of the molecule is COCC(NC1CCN(C)CC1)C1CC1. The molecule has 1 unspecified atom stereocenters. The minimum absolute atomic E-state index is 0.614. The molecule has 0 aromatic heterocycles. The van der Waals surface area contributed by atoms with Crippen LogP contribution in [0.3, 0.4) is 0 Å². The van der Waals surface area contributed by atoms with E-state index in [-0.39, 0.29) is 0 Å². The summed E-state index contributed by atoms with van der Waals surface area (Å²) in [5.74, 6) is 0.893. The molecular weight excluding hydrogens is 188 g/mol. The van der Waals surface area contributed by atoms with Gasteiger partial charge in [0.1, 0.15) is 0 Å². The number of nitrogens with zero attached hydrogens (tertiary/aromatic N) is 1. The van der Waals surface area contributed by atoms with E-state index in [0.29, 0.717) is 6.04 Å². The number of nitrogens with one attached hydrogen (secondary N) is 1. The molecule has 0 radical (unpaired) electrons. The van der Waals surface area contributed by atoms with Gasteiger partial charge in [-0.3, -0.25) is 0 Å². The second-order valence-corrected chi connectivity index (χ2v) is 5.14. The first-order valence-corrected chi connectivity index (χ1v) is 6.23. The summed E-state index contributed by atoms with van der Waals surface area (Å²) in [5, 5.41) is 3.79. The summed E-state index contributed by atoms with van der Waals surface area (Å²) in [6, 6.07) is 1.34. The fourth-order valence-corrected chi connectivity index (χ4v) is 2.48. The van der Waals surface area contributed by atoms with Crippen LogP contribution in [0.1, 0.15) is 25.7 Å². The highest BCUT2D eigenvalue weighted by atomic mass is 16.5. The van der Waals surface area contributed by atoms with Crippen LogP contribution in [0.15, 0.2) is 0 Å². The zero-order valence-corrected chi connectivity index (χ0v) is 10.0. The number of ether oxygens (including phenoxy) is 1. The molecule has 0 spiro atoms. The van der Waals surface area contributed by atoms with Crippen molar-refractivity contribution in [3.8, 4) is 0 Å². The van der Waals surface area contributed by atoms with Crippen LogP contribution in [0.5, 0.6) is 0 Å². The van der Waals surface area contributed by atoms with Gasteiger partial charge in [-0.2, -0.15) is 0 Å². The molecule has 1 aliphatic heterocycles. The van der Waals surface area contributed by atoms with Gasteiger partial charge in [0.15, 0.2) is 0 Å². The normalized spacial score (nSPS) is 26.8. The number of hydrogen-bond donors (Lipinski definition) is 1. The summed E-state index contributed by atoms with van der Waals surface area (Å²) < 4.78 is 5.30. The maximum atomic E-state index is 5.30. The molecule has 1 aliphatic carbocycles. The van der Waals surface area contributed by atoms with Crippen molar-refractivity contribution in [2.45, 2.75) is 37.8 Å². The summed E-state index contributed by atoms with van der Waals surface area (Å²) >= 11 is 0. The van der Waals surface area contributed by atoms with Crippen LogP contribution in [0.4, 0.5) is 0 Å². The molecule has 3 nitrogen and oxygen atoms in total. The highest BCUT2D eigenvalue weighted by molar-refractivity contribution is 4.89. The molecule has 0 aromatic rings. The molecule has 1 saturated heterocycles. The third-order valence-corrected chi connectivity index (χ3v) is 3.71. The van der Waals surface area contributed by atoms with Gasteiger partial charge in [0.25, 0.3) is 0 Å². The van der Waals surface area contributed by atoms with E-state index in [1.165, 1.54) is 38.8 Å². The van der Waals surface area contributed by atoms with E-state index in [1.54, 1.807) is 0 Å². The summed E-state index contributed by atoms with van der Waals surface area (Å²) in [6.07, 6.45) is 5.38. The Morgan fingerprint density at radius 3 is 2.47 bits per heavy atom. The number of methoxy groups -OCH3 is 1. The van der Waals surface area contributed by atoms with Crippen LogP contribution in [0.2, 0.25) is 0 Å². The van der Waals surface area contributed by atoms with Gasteiger partial charge < -0.3 is 15.0 Å². The van der Waals surface area contributed by atoms with Crippen LogP contribution in [0.25, 0.3) is 0 Å². The number of likely N-dealkylation sites (tertiary alicyclic amines) is 1. The van der Waals surface area contributed by atoms with E-state index in [0.717, 1.165) is 18.6 Å².